The zero-order chi connectivity index (χ0) is 16.9. The summed E-state index contributed by atoms with van der Waals surface area (Å²) >= 11 is 8.19. The van der Waals surface area contributed by atoms with Crippen LogP contribution in [0, 0.1) is 5.92 Å². The Morgan fingerprint density at radius 3 is 2.92 bits per heavy atom. The van der Waals surface area contributed by atoms with E-state index in [4.69, 9.17) is 11.6 Å². The lowest BCUT2D eigenvalue weighted by Crippen LogP contribution is -2.44. The van der Waals surface area contributed by atoms with Crippen molar-refractivity contribution in [1.82, 2.24) is 5.32 Å². The number of aryl methyl sites for hydroxylation is 1. The normalized spacial score (nSPS) is 24.4. The highest BCUT2D eigenvalue weighted by Crippen LogP contribution is 2.41. The first kappa shape index (κ1) is 16.2. The Morgan fingerprint density at radius 1 is 1.42 bits per heavy atom. The van der Waals surface area contributed by atoms with Crippen molar-refractivity contribution in [1.29, 1.82) is 0 Å². The summed E-state index contributed by atoms with van der Waals surface area (Å²) in [4.78, 5) is 12.1. The van der Waals surface area contributed by atoms with Crippen molar-refractivity contribution in [2.75, 3.05) is 0 Å². The molecule has 0 amide bonds. The maximum absolute atomic E-state index is 12.1. The third-order valence-electron chi connectivity index (χ3n) is 5.29. The fourth-order valence-electron chi connectivity index (χ4n) is 3.80. The number of hydrogen-bond acceptors (Lipinski definition) is 3. The molecule has 2 aromatic rings. The minimum absolute atomic E-state index is 0.249. The van der Waals surface area contributed by atoms with Gasteiger partial charge in [0.2, 0.25) is 0 Å². The monoisotopic (exact) mass is 359 g/mol. The van der Waals surface area contributed by atoms with E-state index in [1.54, 1.807) is 11.3 Å². The Bertz CT molecular complexity index is 818. The molecule has 126 valence electrons. The molecule has 1 atom stereocenters. The van der Waals surface area contributed by atoms with Gasteiger partial charge in [-0.1, -0.05) is 37.1 Å². The van der Waals surface area contributed by atoms with Gasteiger partial charge in [0, 0.05) is 23.2 Å². The maximum atomic E-state index is 12.1. The zero-order valence-corrected chi connectivity index (χ0v) is 15.5. The molecule has 1 aromatic heterocycles. The number of benzene rings is 1. The van der Waals surface area contributed by atoms with Crippen LogP contribution in [0.3, 0.4) is 0 Å². The van der Waals surface area contributed by atoms with Crippen molar-refractivity contribution in [3.63, 3.8) is 0 Å². The fraction of sp³-hybridized carbons (Fsp3) is 0.450. The van der Waals surface area contributed by atoms with Gasteiger partial charge in [-0.05, 0) is 54.3 Å². The molecule has 1 aliphatic carbocycles. The van der Waals surface area contributed by atoms with Gasteiger partial charge in [-0.25, -0.2) is 0 Å². The summed E-state index contributed by atoms with van der Waals surface area (Å²) in [6.07, 6.45) is 5.99. The molecule has 0 bridgehead atoms. The van der Waals surface area contributed by atoms with Crippen LogP contribution in [0.5, 0.6) is 0 Å². The second-order valence-corrected chi connectivity index (χ2v) is 9.15. The molecule has 0 radical (unpaired) electrons. The molecule has 1 aromatic carbocycles. The van der Waals surface area contributed by atoms with E-state index in [1.807, 2.05) is 0 Å². The lowest BCUT2D eigenvalue weighted by atomic mass is 9.82. The van der Waals surface area contributed by atoms with Crippen LogP contribution in [0.4, 0.5) is 0 Å². The van der Waals surface area contributed by atoms with Crippen molar-refractivity contribution in [2.45, 2.75) is 51.0 Å². The maximum Gasteiger partial charge on any atom is 0.141 e. The van der Waals surface area contributed by atoms with Crippen LogP contribution in [0.1, 0.15) is 50.2 Å². The van der Waals surface area contributed by atoms with Crippen LogP contribution >= 0.6 is 22.9 Å². The zero-order valence-electron chi connectivity index (χ0n) is 14.0. The van der Waals surface area contributed by atoms with Gasteiger partial charge in [0.05, 0.1) is 9.88 Å². The number of nitrogens with one attached hydrogen (secondary N) is 1. The van der Waals surface area contributed by atoms with Crippen LogP contribution in [0.25, 0.3) is 10.1 Å². The number of carbonyl (C=O) groups is 1. The van der Waals surface area contributed by atoms with Gasteiger partial charge in [-0.2, -0.15) is 0 Å². The Hall–Kier alpha value is -1.32. The molecule has 2 aliphatic rings. The second-order valence-electron chi connectivity index (χ2n) is 7.50. The molecule has 1 aliphatic heterocycles. The van der Waals surface area contributed by atoms with Crippen molar-refractivity contribution in [3.8, 4) is 0 Å². The van der Waals surface area contributed by atoms with Crippen molar-refractivity contribution >= 4 is 38.8 Å². The van der Waals surface area contributed by atoms with Gasteiger partial charge in [-0.15, -0.1) is 11.3 Å². The largest absolute Gasteiger partial charge is 0.379 e. The summed E-state index contributed by atoms with van der Waals surface area (Å²) in [5.74, 6) is 1.15. The molecular weight excluding hydrogens is 338 g/mol. The summed E-state index contributed by atoms with van der Waals surface area (Å²) in [5, 5.41) is 4.70. The van der Waals surface area contributed by atoms with E-state index in [9.17, 15) is 4.79 Å². The number of rotatable bonds is 4. The van der Waals surface area contributed by atoms with Gasteiger partial charge in [0.25, 0.3) is 0 Å². The molecule has 0 spiro atoms. The molecule has 1 N–H and O–H groups in total. The quantitative estimate of drug-likeness (QED) is 0.772. The molecule has 4 heteroatoms. The van der Waals surface area contributed by atoms with Crippen LogP contribution in [-0.2, 0) is 16.8 Å². The molecule has 0 unspecified atom stereocenters. The fourth-order valence-corrected chi connectivity index (χ4v) is 5.20. The minimum Gasteiger partial charge on any atom is -0.379 e. The van der Waals surface area contributed by atoms with Crippen molar-refractivity contribution in [2.24, 2.45) is 5.92 Å². The molecule has 4 rings (SSSR count). The van der Waals surface area contributed by atoms with Crippen molar-refractivity contribution in [3.05, 3.63) is 45.9 Å². The summed E-state index contributed by atoms with van der Waals surface area (Å²) in [7, 11) is 0. The summed E-state index contributed by atoms with van der Waals surface area (Å²) in [6.45, 7) is 6.07. The van der Waals surface area contributed by atoms with Gasteiger partial charge in [0.15, 0.2) is 0 Å². The first-order valence-corrected chi connectivity index (χ1v) is 9.83. The van der Waals surface area contributed by atoms with Crippen LogP contribution < -0.4 is 5.32 Å². The third-order valence-corrected chi connectivity index (χ3v) is 6.75. The second kappa shape index (κ2) is 5.89. The highest BCUT2D eigenvalue weighted by atomic mass is 35.5. The first-order chi connectivity index (χ1) is 11.4. The Kier molecular flexibility index (Phi) is 3.97. The predicted octanol–water partition coefficient (Wildman–Crippen LogP) is 5.58. The molecule has 1 saturated carbocycles. The molecular formula is C20H22ClNOS. The first-order valence-electron chi connectivity index (χ1n) is 8.64. The topological polar surface area (TPSA) is 29.1 Å². The molecule has 2 heterocycles. The van der Waals surface area contributed by atoms with Crippen LogP contribution in [0.15, 0.2) is 30.5 Å². The number of piperidine rings is 1. The van der Waals surface area contributed by atoms with Crippen LogP contribution in [-0.4, -0.2) is 5.78 Å². The number of Topliss-reactive ketones (excluding diaryl/α,β-unsaturated/α-hetero) is 1. The minimum atomic E-state index is -0.372. The number of thiophene rings is 1. The molecule has 2 fully saturated rings. The number of fused-ring (bicyclic) bond motifs is 1. The SMILES string of the molecule is C=C1CC(=O)C[C@@](C)(c2ccc3sc(Cl)c(CCC4CC4)c3c2)N1. The van der Waals surface area contributed by atoms with Crippen LogP contribution in [0.2, 0.25) is 4.34 Å². The Balaban J connectivity index is 1.72. The van der Waals surface area contributed by atoms with E-state index in [1.165, 1.54) is 34.9 Å². The average molecular weight is 360 g/mol. The number of hydrogen-bond donors (Lipinski definition) is 1. The lowest BCUT2D eigenvalue weighted by Gasteiger charge is -2.36. The van der Waals surface area contributed by atoms with E-state index in [0.717, 1.165) is 27.9 Å². The van der Waals surface area contributed by atoms with E-state index < -0.39 is 0 Å². The number of ketones is 1. The smallest absolute Gasteiger partial charge is 0.141 e. The number of allylic oxidation sites excluding steroid dienone is 1. The van der Waals surface area contributed by atoms with Gasteiger partial charge >= 0.3 is 0 Å². The highest BCUT2D eigenvalue weighted by molar-refractivity contribution is 7.22. The van der Waals surface area contributed by atoms with E-state index in [-0.39, 0.29) is 11.3 Å². The third kappa shape index (κ3) is 3.00. The molecule has 1 saturated heterocycles. The average Bonchev–Trinajstić information content (AvgIpc) is 3.26. The Labute approximate surface area is 151 Å². The van der Waals surface area contributed by atoms with Gasteiger partial charge in [-0.3, -0.25) is 4.79 Å². The van der Waals surface area contributed by atoms with E-state index >= 15 is 0 Å². The van der Waals surface area contributed by atoms with Crippen molar-refractivity contribution < 1.29 is 4.79 Å². The lowest BCUT2D eigenvalue weighted by molar-refractivity contribution is -0.121. The van der Waals surface area contributed by atoms with E-state index in [2.05, 4.69) is 37.0 Å². The van der Waals surface area contributed by atoms with E-state index in [0.29, 0.717) is 12.8 Å². The summed E-state index contributed by atoms with van der Waals surface area (Å²) < 4.78 is 2.16. The molecule has 2 nitrogen and oxygen atoms in total. The highest BCUT2D eigenvalue weighted by Gasteiger charge is 2.34. The standard InChI is InChI=1S/C20H22ClNOS/c1-12-9-15(23)11-20(2,22-12)14-6-8-18-17(10-14)16(19(21)24-18)7-5-13-3-4-13/h6,8,10,13,22H,1,3-5,7,9,11H2,2H3/t20-/m0/s1. The Morgan fingerprint density at radius 2 is 2.21 bits per heavy atom. The number of halogens is 1. The van der Waals surface area contributed by atoms with Gasteiger partial charge in [0.1, 0.15) is 5.78 Å². The van der Waals surface area contributed by atoms with Gasteiger partial charge < -0.3 is 5.32 Å². The summed E-state index contributed by atoms with van der Waals surface area (Å²) in [5.41, 5.74) is 2.87. The molecule has 24 heavy (non-hydrogen) atoms. The predicted molar refractivity (Wildman–Crippen MR) is 102 cm³/mol. The number of carbonyl (C=O) groups excluding carboxylic acids is 1. The summed E-state index contributed by atoms with van der Waals surface area (Å²) in [6, 6.07) is 6.51.